The number of aliphatic hydroxyl groups excluding tert-OH is 5. The molecule has 1 fully saturated rings. The molecule has 8 N–H and O–H groups in total. The molecule has 0 aromatic heterocycles. The van der Waals surface area contributed by atoms with Gasteiger partial charge in [0.25, 0.3) is 11.8 Å². The number of hydrogen-bond donors (Lipinski definition) is 8. The summed E-state index contributed by atoms with van der Waals surface area (Å²) in [6.45, 7) is 1.56. The van der Waals surface area contributed by atoms with E-state index in [0.29, 0.717) is 12.1 Å². The van der Waals surface area contributed by atoms with E-state index in [4.69, 9.17) is 9.84 Å². The van der Waals surface area contributed by atoms with Gasteiger partial charge < -0.3 is 46.0 Å². The lowest BCUT2D eigenvalue weighted by atomic mass is 9.82. The van der Waals surface area contributed by atoms with Crippen LogP contribution in [0.25, 0.3) is 0 Å². The first-order chi connectivity index (χ1) is 14.6. The number of fused-ring (bicyclic) bond motifs is 1. The summed E-state index contributed by atoms with van der Waals surface area (Å²) in [5.74, 6) is -2.20. The van der Waals surface area contributed by atoms with Gasteiger partial charge in [-0.25, -0.2) is 0 Å². The van der Waals surface area contributed by atoms with Crippen molar-refractivity contribution in [3.8, 4) is 0 Å². The standard InChI is InChI=1S/C20H26N2O9/c1-9(4-2-3-7-23)20(30)11-8-10(5-6-12(11)22-19(20)29)21-17(27)16-14(25)13(24)15(26)18(28)31-16/h2,4-6,8-9,13-16,18,23-26,28,30H,3,7H2,1H3,(H,21,27)(H,22,29)/b4-2+/t9-,13-,14-,15+,16-,18+,20+/m0/s1. The molecule has 0 unspecified atom stereocenters. The van der Waals surface area contributed by atoms with Gasteiger partial charge in [0.15, 0.2) is 18.0 Å². The molecule has 11 heteroatoms. The van der Waals surface area contributed by atoms with E-state index in [1.807, 2.05) is 0 Å². The zero-order chi connectivity index (χ0) is 22.9. The van der Waals surface area contributed by atoms with Crippen molar-refractivity contribution in [2.75, 3.05) is 17.2 Å². The molecular weight excluding hydrogens is 412 g/mol. The van der Waals surface area contributed by atoms with Crippen LogP contribution in [-0.4, -0.2) is 79.8 Å². The Morgan fingerprint density at radius 2 is 1.97 bits per heavy atom. The Balaban J connectivity index is 1.82. The summed E-state index contributed by atoms with van der Waals surface area (Å²) in [4.78, 5) is 25.0. The minimum absolute atomic E-state index is 0.0733. The third kappa shape index (κ3) is 4.21. The highest BCUT2D eigenvalue weighted by atomic mass is 16.6. The van der Waals surface area contributed by atoms with Gasteiger partial charge in [0.2, 0.25) is 0 Å². The van der Waals surface area contributed by atoms with Gasteiger partial charge >= 0.3 is 0 Å². The van der Waals surface area contributed by atoms with Crippen molar-refractivity contribution in [3.63, 3.8) is 0 Å². The first-order valence-electron chi connectivity index (χ1n) is 9.75. The van der Waals surface area contributed by atoms with E-state index < -0.39 is 54.0 Å². The molecule has 2 aliphatic heterocycles. The molecular formula is C20H26N2O9. The lowest BCUT2D eigenvalue weighted by Gasteiger charge is -2.37. The second kappa shape index (κ2) is 9.01. The molecule has 170 valence electrons. The van der Waals surface area contributed by atoms with E-state index in [0.717, 1.165) is 0 Å². The third-order valence-electron chi connectivity index (χ3n) is 5.52. The highest BCUT2D eigenvalue weighted by molar-refractivity contribution is 6.06. The quantitative estimate of drug-likeness (QED) is 0.236. The zero-order valence-electron chi connectivity index (χ0n) is 16.7. The van der Waals surface area contributed by atoms with Crippen LogP contribution in [0.1, 0.15) is 18.9 Å². The van der Waals surface area contributed by atoms with E-state index in [1.54, 1.807) is 19.1 Å². The molecule has 11 nitrogen and oxygen atoms in total. The summed E-state index contributed by atoms with van der Waals surface area (Å²) in [6.07, 6.45) is -5.27. The molecule has 31 heavy (non-hydrogen) atoms. The van der Waals surface area contributed by atoms with Gasteiger partial charge in [-0.15, -0.1) is 0 Å². The van der Waals surface area contributed by atoms with Gasteiger partial charge in [-0.2, -0.15) is 0 Å². The molecule has 0 spiro atoms. The number of hydrogen-bond acceptors (Lipinski definition) is 9. The highest BCUT2D eigenvalue weighted by Crippen LogP contribution is 2.43. The van der Waals surface area contributed by atoms with Crippen LogP contribution in [0.5, 0.6) is 0 Å². The normalized spacial score (nSPS) is 33.8. The summed E-state index contributed by atoms with van der Waals surface area (Å²) in [5.41, 5.74) is -1.18. The van der Waals surface area contributed by atoms with Crippen LogP contribution in [0.15, 0.2) is 30.4 Å². The van der Waals surface area contributed by atoms with E-state index in [9.17, 15) is 35.1 Å². The van der Waals surface area contributed by atoms with E-state index in [1.165, 1.54) is 18.2 Å². The van der Waals surface area contributed by atoms with Crippen LogP contribution in [0.3, 0.4) is 0 Å². The van der Waals surface area contributed by atoms with Gasteiger partial charge in [0.1, 0.15) is 18.3 Å². The molecule has 1 aromatic rings. The molecule has 0 saturated carbocycles. The van der Waals surface area contributed by atoms with Gasteiger partial charge in [0.05, 0.1) is 0 Å². The fourth-order valence-corrected chi connectivity index (χ4v) is 3.64. The number of anilines is 2. The monoisotopic (exact) mass is 438 g/mol. The van der Waals surface area contributed by atoms with Crippen LogP contribution in [-0.2, 0) is 19.9 Å². The van der Waals surface area contributed by atoms with Crippen molar-refractivity contribution < 1.29 is 45.0 Å². The van der Waals surface area contributed by atoms with Crippen LogP contribution in [0, 0.1) is 5.92 Å². The van der Waals surface area contributed by atoms with Crippen molar-refractivity contribution in [1.82, 2.24) is 0 Å². The van der Waals surface area contributed by atoms with Gasteiger partial charge in [-0.05, 0) is 24.6 Å². The predicted octanol–water partition coefficient (Wildman–Crippen LogP) is -1.86. The van der Waals surface area contributed by atoms with Crippen molar-refractivity contribution in [2.45, 2.75) is 49.7 Å². The van der Waals surface area contributed by atoms with Crippen LogP contribution >= 0.6 is 0 Å². The number of carbonyl (C=O) groups excluding carboxylic acids is 2. The van der Waals surface area contributed by atoms with E-state index in [-0.39, 0.29) is 17.9 Å². The maximum Gasteiger partial charge on any atom is 0.261 e. The Bertz CT molecular complexity index is 876. The second-order valence-corrected chi connectivity index (χ2v) is 7.62. The van der Waals surface area contributed by atoms with Crippen molar-refractivity contribution in [1.29, 1.82) is 0 Å². The Labute approximate surface area is 177 Å². The van der Waals surface area contributed by atoms with Crippen molar-refractivity contribution >= 4 is 23.2 Å². The number of aliphatic hydroxyl groups is 6. The van der Waals surface area contributed by atoms with Crippen molar-refractivity contribution in [3.05, 3.63) is 35.9 Å². The molecule has 3 rings (SSSR count). The number of amides is 2. The van der Waals surface area contributed by atoms with Crippen LogP contribution in [0.4, 0.5) is 11.4 Å². The van der Waals surface area contributed by atoms with Crippen LogP contribution in [0.2, 0.25) is 0 Å². The maximum atomic E-state index is 12.5. The Morgan fingerprint density at radius 1 is 1.26 bits per heavy atom. The highest BCUT2D eigenvalue weighted by Gasteiger charge is 2.49. The Hall–Kier alpha value is -2.38. The number of rotatable bonds is 6. The van der Waals surface area contributed by atoms with Gasteiger partial charge in [0, 0.05) is 29.5 Å². The lowest BCUT2D eigenvalue weighted by molar-refractivity contribution is -0.274. The number of benzene rings is 1. The second-order valence-electron chi connectivity index (χ2n) is 7.62. The number of ether oxygens (including phenoxy) is 1. The van der Waals surface area contributed by atoms with E-state index >= 15 is 0 Å². The minimum atomic E-state index is -1.92. The van der Waals surface area contributed by atoms with E-state index in [2.05, 4.69) is 10.6 Å². The topological polar surface area (TPSA) is 189 Å². The average Bonchev–Trinajstić information content (AvgIpc) is 3.00. The Kier molecular flexibility index (Phi) is 6.76. The van der Waals surface area contributed by atoms with Gasteiger partial charge in [-0.1, -0.05) is 19.1 Å². The minimum Gasteiger partial charge on any atom is -0.396 e. The SMILES string of the molecule is C[C@@H](/C=C/CCO)[C@]1(O)C(=O)Nc2ccc(NC(=O)[C@H]3O[C@@H](O)[C@H](O)[C@@H](O)[C@@H]3O)cc21. The number of nitrogens with one attached hydrogen (secondary N) is 2. The summed E-state index contributed by atoms with van der Waals surface area (Å²) < 4.78 is 4.90. The molecule has 1 saturated heterocycles. The molecule has 2 heterocycles. The molecule has 0 aliphatic carbocycles. The maximum absolute atomic E-state index is 12.5. The molecule has 0 radical (unpaired) electrons. The predicted molar refractivity (Wildman–Crippen MR) is 107 cm³/mol. The average molecular weight is 438 g/mol. The summed E-state index contributed by atoms with van der Waals surface area (Å²) in [6, 6.07) is 4.32. The van der Waals surface area contributed by atoms with Crippen molar-refractivity contribution in [2.24, 2.45) is 5.92 Å². The zero-order valence-corrected chi connectivity index (χ0v) is 16.7. The summed E-state index contributed by atoms with van der Waals surface area (Å²) >= 11 is 0. The molecule has 1 aromatic carbocycles. The van der Waals surface area contributed by atoms with Gasteiger partial charge in [-0.3, -0.25) is 9.59 Å². The largest absolute Gasteiger partial charge is 0.396 e. The smallest absolute Gasteiger partial charge is 0.261 e. The molecule has 2 aliphatic rings. The van der Waals surface area contributed by atoms with Crippen LogP contribution < -0.4 is 10.6 Å². The molecule has 2 amide bonds. The fraction of sp³-hybridized carbons (Fsp3) is 0.500. The fourth-order valence-electron chi connectivity index (χ4n) is 3.64. The summed E-state index contributed by atoms with van der Waals surface area (Å²) in [5, 5.41) is 63.9. The third-order valence-corrected chi connectivity index (χ3v) is 5.52. The lowest BCUT2D eigenvalue weighted by Crippen LogP contribution is -2.60. The first-order valence-corrected chi connectivity index (χ1v) is 9.75. The number of carbonyl (C=O) groups is 2. The molecule has 7 atom stereocenters. The summed E-state index contributed by atoms with van der Waals surface area (Å²) in [7, 11) is 0. The first kappa shape index (κ1) is 23.3. The Morgan fingerprint density at radius 3 is 2.65 bits per heavy atom. The molecule has 0 bridgehead atoms.